The van der Waals surface area contributed by atoms with Crippen LogP contribution in [0.1, 0.15) is 55.7 Å². The summed E-state index contributed by atoms with van der Waals surface area (Å²) in [5.41, 5.74) is 12.3. The third kappa shape index (κ3) is 6.89. The van der Waals surface area contributed by atoms with Gasteiger partial charge in [0.2, 0.25) is 0 Å². The number of methoxy groups -OCH3 is 2. The van der Waals surface area contributed by atoms with Gasteiger partial charge in [-0.2, -0.15) is 0 Å². The number of esters is 1. The van der Waals surface area contributed by atoms with Crippen LogP contribution in [0.5, 0.6) is 11.5 Å². The Hall–Kier alpha value is -4.03. The van der Waals surface area contributed by atoms with E-state index in [1.165, 1.54) is 13.2 Å². The lowest BCUT2D eigenvalue weighted by atomic mass is 9.79. The summed E-state index contributed by atoms with van der Waals surface area (Å²) in [5.74, 6) is 1.29. The third-order valence-corrected chi connectivity index (χ3v) is 7.30. The van der Waals surface area contributed by atoms with Crippen molar-refractivity contribution in [2.45, 2.75) is 51.0 Å². The normalized spacial score (nSPS) is 13.8. The highest BCUT2D eigenvalue weighted by Gasteiger charge is 2.34. The summed E-state index contributed by atoms with van der Waals surface area (Å²) in [4.78, 5) is 14.9. The van der Waals surface area contributed by atoms with E-state index in [1.807, 2.05) is 56.3 Å². The van der Waals surface area contributed by atoms with Gasteiger partial charge in [0.1, 0.15) is 23.9 Å². The van der Waals surface area contributed by atoms with Crippen molar-refractivity contribution < 1.29 is 23.4 Å². The molecule has 0 aliphatic heterocycles. The summed E-state index contributed by atoms with van der Waals surface area (Å²) in [6.45, 7) is 4.43. The van der Waals surface area contributed by atoms with Gasteiger partial charge in [0.25, 0.3) is 0 Å². The molecule has 0 aromatic heterocycles. The minimum Gasteiger partial charge on any atom is -0.497 e. The summed E-state index contributed by atoms with van der Waals surface area (Å²) >= 11 is 0. The third-order valence-electron chi connectivity index (χ3n) is 7.30. The van der Waals surface area contributed by atoms with Crippen LogP contribution in [0.2, 0.25) is 0 Å². The fourth-order valence-electron chi connectivity index (χ4n) is 4.93. The van der Waals surface area contributed by atoms with E-state index in [2.05, 4.69) is 10.0 Å². The molecule has 0 unspecified atom stereocenters. The molecule has 0 radical (unpaired) electrons. The number of ether oxygens (including phenoxy) is 3. The van der Waals surface area contributed by atoms with Crippen molar-refractivity contribution >= 4 is 5.97 Å². The fourth-order valence-corrected chi connectivity index (χ4v) is 4.93. The van der Waals surface area contributed by atoms with E-state index in [4.69, 9.17) is 19.7 Å². The number of nitrogens with zero attached hydrogens (tertiary/aromatic N) is 3. The number of carbonyl (C=O) groups is 1. The monoisotopic (exact) mass is 531 g/mol. The second-order valence-corrected chi connectivity index (χ2v) is 10.6. The van der Waals surface area contributed by atoms with Crippen LogP contribution in [0.15, 0.2) is 65.8 Å². The van der Waals surface area contributed by atoms with Crippen LogP contribution in [-0.4, -0.2) is 26.7 Å². The molecule has 0 amide bonds. The minimum atomic E-state index is -0.571. The highest BCUT2D eigenvalue weighted by molar-refractivity contribution is 5.72. The molecule has 0 N–H and O–H groups in total. The molecule has 0 saturated heterocycles. The lowest BCUT2D eigenvalue weighted by Gasteiger charge is -2.27. The predicted octanol–water partition coefficient (Wildman–Crippen LogP) is 7.72. The van der Waals surface area contributed by atoms with Crippen molar-refractivity contribution in [2.24, 2.45) is 11.0 Å². The molecule has 4 rings (SSSR count). The molecule has 7 nitrogen and oxygen atoms in total. The van der Waals surface area contributed by atoms with Crippen LogP contribution < -0.4 is 9.47 Å². The Morgan fingerprint density at radius 1 is 1.08 bits per heavy atom. The molecule has 8 heteroatoms. The Morgan fingerprint density at radius 3 is 2.56 bits per heavy atom. The van der Waals surface area contributed by atoms with E-state index in [9.17, 15) is 9.18 Å². The Balaban J connectivity index is 1.62. The average molecular weight is 532 g/mol. The summed E-state index contributed by atoms with van der Waals surface area (Å²) in [6.07, 6.45) is 2.58. The van der Waals surface area contributed by atoms with Crippen LogP contribution >= 0.6 is 0 Å². The molecule has 1 atom stereocenters. The lowest BCUT2D eigenvalue weighted by molar-refractivity contribution is -0.141. The predicted molar refractivity (Wildman–Crippen MR) is 148 cm³/mol. The van der Waals surface area contributed by atoms with Crippen LogP contribution in [0.25, 0.3) is 21.6 Å². The van der Waals surface area contributed by atoms with Gasteiger partial charge in [-0.15, -0.1) is 0 Å². The topological polar surface area (TPSA) is 93.5 Å². The summed E-state index contributed by atoms with van der Waals surface area (Å²) in [6, 6.07) is 18.3. The highest BCUT2D eigenvalue weighted by atomic mass is 19.1. The lowest BCUT2D eigenvalue weighted by Crippen LogP contribution is -2.22. The van der Waals surface area contributed by atoms with E-state index in [0.29, 0.717) is 41.6 Å². The first-order chi connectivity index (χ1) is 18.7. The van der Waals surface area contributed by atoms with Crippen molar-refractivity contribution in [3.05, 3.63) is 93.6 Å². The van der Waals surface area contributed by atoms with Crippen LogP contribution in [0.4, 0.5) is 4.39 Å². The zero-order valence-electron chi connectivity index (χ0n) is 22.8. The number of rotatable bonds is 12. The number of carbonyl (C=O) groups excluding carboxylic acids is 1. The van der Waals surface area contributed by atoms with E-state index in [1.54, 1.807) is 19.2 Å². The van der Waals surface area contributed by atoms with Crippen molar-refractivity contribution in [3.8, 4) is 22.6 Å². The Morgan fingerprint density at radius 2 is 1.87 bits per heavy atom. The average Bonchev–Trinajstić information content (AvgIpc) is 3.79. The second kappa shape index (κ2) is 12.2. The molecule has 1 aliphatic rings. The molecule has 1 aliphatic carbocycles. The molecule has 0 heterocycles. The van der Waals surface area contributed by atoms with Gasteiger partial charge in [-0.3, -0.25) is 4.79 Å². The van der Waals surface area contributed by atoms with Gasteiger partial charge in [-0.1, -0.05) is 49.3 Å². The molecule has 0 bridgehead atoms. The number of azide groups is 1. The van der Waals surface area contributed by atoms with Gasteiger partial charge in [0, 0.05) is 17.0 Å². The molecule has 3 aromatic carbocycles. The van der Waals surface area contributed by atoms with Gasteiger partial charge in [0.05, 0.1) is 20.6 Å². The summed E-state index contributed by atoms with van der Waals surface area (Å²) in [5, 5.41) is 3.80. The Bertz CT molecular complexity index is 1380. The van der Waals surface area contributed by atoms with Crippen molar-refractivity contribution in [1.82, 2.24) is 0 Å². The maximum atomic E-state index is 15.0. The van der Waals surface area contributed by atoms with E-state index in [-0.39, 0.29) is 24.2 Å². The van der Waals surface area contributed by atoms with E-state index in [0.717, 1.165) is 29.5 Å². The van der Waals surface area contributed by atoms with E-state index < -0.39 is 5.41 Å². The standard InChI is InChI=1S/C31H34FN3O4/c1-31(2,19-34-35-33)28-14-20(8-12-25(28)27-16-23(37-3)11-13-29(27)32)18-39-24-7-5-6-22(15-24)26(21-9-10-21)17-30(36)38-4/h5-8,11-16,21,26H,9-10,17-19H2,1-4H3/t26-/m1/s1. The van der Waals surface area contributed by atoms with Gasteiger partial charge in [-0.25, -0.2) is 4.39 Å². The summed E-state index contributed by atoms with van der Waals surface area (Å²) in [7, 11) is 2.96. The minimum absolute atomic E-state index is 0.117. The molecule has 39 heavy (non-hydrogen) atoms. The SMILES string of the molecule is COC(=O)C[C@@H](c1cccc(OCc2ccc(-c3cc(OC)ccc3F)c(C(C)(C)CN=[N+]=[N-])c2)c1)C1CC1. The zero-order valence-corrected chi connectivity index (χ0v) is 22.8. The van der Waals surface area contributed by atoms with Gasteiger partial charge >= 0.3 is 5.97 Å². The Labute approximate surface area is 228 Å². The largest absolute Gasteiger partial charge is 0.497 e. The molecular weight excluding hydrogens is 497 g/mol. The van der Waals surface area contributed by atoms with E-state index >= 15 is 0 Å². The zero-order chi connectivity index (χ0) is 28.0. The molecule has 1 saturated carbocycles. The maximum Gasteiger partial charge on any atom is 0.306 e. The number of halogens is 1. The molecule has 1 fully saturated rings. The van der Waals surface area contributed by atoms with Gasteiger partial charge in [0.15, 0.2) is 0 Å². The second-order valence-electron chi connectivity index (χ2n) is 10.6. The van der Waals surface area contributed by atoms with Crippen molar-refractivity contribution in [2.75, 3.05) is 20.8 Å². The molecular formula is C31H34FN3O4. The van der Waals surface area contributed by atoms with Crippen LogP contribution in [0, 0.1) is 11.7 Å². The fraction of sp³-hybridized carbons (Fsp3) is 0.387. The number of hydrogen-bond acceptors (Lipinski definition) is 5. The quantitative estimate of drug-likeness (QED) is 0.103. The Kier molecular flexibility index (Phi) is 8.77. The van der Waals surface area contributed by atoms with Crippen LogP contribution in [-0.2, 0) is 21.6 Å². The highest BCUT2D eigenvalue weighted by Crippen LogP contribution is 2.45. The van der Waals surface area contributed by atoms with Crippen molar-refractivity contribution in [3.63, 3.8) is 0 Å². The van der Waals surface area contributed by atoms with Gasteiger partial charge in [-0.05, 0) is 88.2 Å². The van der Waals surface area contributed by atoms with Gasteiger partial charge < -0.3 is 14.2 Å². The van der Waals surface area contributed by atoms with Crippen LogP contribution in [0.3, 0.4) is 0 Å². The first-order valence-electron chi connectivity index (χ1n) is 13.0. The molecule has 3 aromatic rings. The number of hydrogen-bond donors (Lipinski definition) is 0. The molecule has 0 spiro atoms. The molecule has 204 valence electrons. The first kappa shape index (κ1) is 28.0. The maximum absolute atomic E-state index is 15.0. The smallest absolute Gasteiger partial charge is 0.306 e. The summed E-state index contributed by atoms with van der Waals surface area (Å²) < 4.78 is 31.4. The van der Waals surface area contributed by atoms with Crippen molar-refractivity contribution in [1.29, 1.82) is 0 Å². The number of benzene rings is 3. The first-order valence-corrected chi connectivity index (χ1v) is 13.0.